The van der Waals surface area contributed by atoms with Crippen LogP contribution in [0.3, 0.4) is 0 Å². The SMILES string of the molecule is O=C(O)CCC(C(=O)O)N1C(=O)C(=Cc2ccccc2Cl)SC1=S. The second kappa shape index (κ2) is 7.78. The van der Waals surface area contributed by atoms with Crippen LogP contribution in [0.5, 0.6) is 0 Å². The highest BCUT2D eigenvalue weighted by molar-refractivity contribution is 8.26. The molecule has 0 radical (unpaired) electrons. The number of hydrogen-bond donors (Lipinski definition) is 2. The van der Waals surface area contributed by atoms with Crippen LogP contribution in [0.25, 0.3) is 6.08 Å². The van der Waals surface area contributed by atoms with E-state index in [1.54, 1.807) is 24.3 Å². The van der Waals surface area contributed by atoms with Gasteiger partial charge in [-0.25, -0.2) is 4.79 Å². The number of carbonyl (C=O) groups is 3. The second-order valence-electron chi connectivity index (χ2n) is 4.86. The van der Waals surface area contributed by atoms with Crippen LogP contribution in [0.2, 0.25) is 5.02 Å². The summed E-state index contributed by atoms with van der Waals surface area (Å²) in [7, 11) is 0. The quantitative estimate of drug-likeness (QED) is 0.574. The number of hydrogen-bond acceptors (Lipinski definition) is 5. The van der Waals surface area contributed by atoms with E-state index in [0.717, 1.165) is 16.7 Å². The first-order valence-electron chi connectivity index (χ1n) is 6.77. The lowest BCUT2D eigenvalue weighted by molar-refractivity contribution is -0.146. The van der Waals surface area contributed by atoms with Gasteiger partial charge >= 0.3 is 11.9 Å². The van der Waals surface area contributed by atoms with E-state index in [9.17, 15) is 19.5 Å². The highest BCUT2D eigenvalue weighted by Gasteiger charge is 2.40. The fourth-order valence-corrected chi connectivity index (χ4v) is 3.64. The van der Waals surface area contributed by atoms with E-state index in [0.29, 0.717) is 10.6 Å². The molecule has 1 unspecified atom stereocenters. The van der Waals surface area contributed by atoms with Crippen LogP contribution in [0.4, 0.5) is 0 Å². The average molecular weight is 386 g/mol. The molecule has 0 saturated carbocycles. The van der Waals surface area contributed by atoms with Crippen molar-refractivity contribution in [3.8, 4) is 0 Å². The minimum absolute atomic E-state index is 0.0797. The Morgan fingerprint density at radius 1 is 1.33 bits per heavy atom. The monoisotopic (exact) mass is 385 g/mol. The summed E-state index contributed by atoms with van der Waals surface area (Å²) in [6.07, 6.45) is 0.936. The predicted molar refractivity (Wildman–Crippen MR) is 94.8 cm³/mol. The molecule has 0 aromatic heterocycles. The van der Waals surface area contributed by atoms with E-state index in [1.165, 1.54) is 6.08 Å². The van der Waals surface area contributed by atoms with Gasteiger partial charge in [0.15, 0.2) is 0 Å². The third kappa shape index (κ3) is 4.14. The highest BCUT2D eigenvalue weighted by atomic mass is 35.5. The molecule has 1 aromatic rings. The van der Waals surface area contributed by atoms with Gasteiger partial charge in [0.25, 0.3) is 5.91 Å². The summed E-state index contributed by atoms with van der Waals surface area (Å²) < 4.78 is 0.0797. The molecule has 2 rings (SSSR count). The Labute approximate surface area is 152 Å². The Morgan fingerprint density at radius 2 is 2.00 bits per heavy atom. The zero-order chi connectivity index (χ0) is 17.9. The van der Waals surface area contributed by atoms with Gasteiger partial charge in [0, 0.05) is 11.4 Å². The number of halogens is 1. The van der Waals surface area contributed by atoms with E-state index >= 15 is 0 Å². The Hall–Kier alpha value is -1.90. The number of benzene rings is 1. The summed E-state index contributed by atoms with van der Waals surface area (Å²) in [4.78, 5) is 35.8. The van der Waals surface area contributed by atoms with E-state index < -0.39 is 23.9 Å². The third-order valence-corrected chi connectivity index (χ3v) is 4.92. The predicted octanol–water partition coefficient (Wildman–Crippen LogP) is 2.86. The first kappa shape index (κ1) is 18.4. The molecule has 9 heteroatoms. The zero-order valence-electron chi connectivity index (χ0n) is 12.1. The fraction of sp³-hybridized carbons (Fsp3) is 0.200. The van der Waals surface area contributed by atoms with Gasteiger partial charge in [0.2, 0.25) is 0 Å². The molecule has 1 fully saturated rings. The summed E-state index contributed by atoms with van der Waals surface area (Å²) in [5.41, 5.74) is 0.608. The lowest BCUT2D eigenvalue weighted by Gasteiger charge is -2.22. The van der Waals surface area contributed by atoms with Gasteiger partial charge in [-0.3, -0.25) is 14.5 Å². The molecule has 1 heterocycles. The number of thiocarbonyl (C=S) groups is 1. The first-order chi connectivity index (χ1) is 11.3. The van der Waals surface area contributed by atoms with Crippen LogP contribution in [0.15, 0.2) is 29.2 Å². The first-order valence-corrected chi connectivity index (χ1v) is 8.37. The standard InChI is InChI=1S/C15H12ClNO5S2/c16-9-4-2-1-3-8(9)7-11-13(20)17(15(23)24-11)10(14(21)22)5-6-12(18)19/h1-4,7,10H,5-6H2,(H,18,19)(H,21,22). The molecule has 1 amide bonds. The van der Waals surface area contributed by atoms with Crippen molar-refractivity contribution >= 4 is 63.8 Å². The largest absolute Gasteiger partial charge is 0.481 e. The van der Waals surface area contributed by atoms with Gasteiger partial charge < -0.3 is 10.2 Å². The van der Waals surface area contributed by atoms with Gasteiger partial charge in [-0.1, -0.05) is 53.8 Å². The summed E-state index contributed by atoms with van der Waals surface area (Å²) >= 11 is 12.1. The number of carboxylic acid groups (broad SMARTS) is 2. The van der Waals surface area contributed by atoms with Gasteiger partial charge in [0.05, 0.1) is 4.91 Å². The molecule has 2 N–H and O–H groups in total. The smallest absolute Gasteiger partial charge is 0.326 e. The summed E-state index contributed by atoms with van der Waals surface area (Å²) in [5, 5.41) is 18.5. The molecule has 1 aromatic carbocycles. The van der Waals surface area contributed by atoms with E-state index in [4.69, 9.17) is 28.9 Å². The van der Waals surface area contributed by atoms with Gasteiger partial charge in [-0.05, 0) is 24.1 Å². The number of aliphatic carboxylic acids is 2. The van der Waals surface area contributed by atoms with Crippen molar-refractivity contribution in [1.82, 2.24) is 4.90 Å². The van der Waals surface area contributed by atoms with E-state index in [2.05, 4.69) is 0 Å². The van der Waals surface area contributed by atoms with Crippen LogP contribution < -0.4 is 0 Å². The molecule has 1 aliphatic rings. The van der Waals surface area contributed by atoms with Crippen molar-refractivity contribution in [2.75, 3.05) is 0 Å². The number of amides is 1. The van der Waals surface area contributed by atoms with E-state index in [1.807, 2.05) is 0 Å². The number of carbonyl (C=O) groups excluding carboxylic acids is 1. The van der Waals surface area contributed by atoms with Gasteiger partial charge in [-0.15, -0.1) is 0 Å². The molecule has 1 atom stereocenters. The third-order valence-electron chi connectivity index (χ3n) is 3.24. The molecule has 0 aliphatic carbocycles. The Morgan fingerprint density at radius 3 is 2.58 bits per heavy atom. The topological polar surface area (TPSA) is 94.9 Å². The molecule has 6 nitrogen and oxygen atoms in total. The Kier molecular flexibility index (Phi) is 5.98. The van der Waals surface area contributed by atoms with Crippen molar-refractivity contribution < 1.29 is 24.6 Å². The molecule has 0 spiro atoms. The van der Waals surface area contributed by atoms with Crippen molar-refractivity contribution in [1.29, 1.82) is 0 Å². The van der Waals surface area contributed by atoms with Gasteiger partial charge in [-0.2, -0.15) is 0 Å². The number of nitrogens with zero attached hydrogens (tertiary/aromatic N) is 1. The summed E-state index contributed by atoms with van der Waals surface area (Å²) in [6.45, 7) is 0. The van der Waals surface area contributed by atoms with E-state index in [-0.39, 0.29) is 22.1 Å². The molecular weight excluding hydrogens is 374 g/mol. The zero-order valence-corrected chi connectivity index (χ0v) is 14.5. The maximum absolute atomic E-state index is 12.5. The normalized spacial score (nSPS) is 17.4. The van der Waals surface area contributed by atoms with Crippen LogP contribution in [-0.2, 0) is 14.4 Å². The fourth-order valence-electron chi connectivity index (χ4n) is 2.11. The van der Waals surface area contributed by atoms with Crippen LogP contribution >= 0.6 is 35.6 Å². The molecule has 0 bridgehead atoms. The molecule has 1 aliphatic heterocycles. The summed E-state index contributed by atoms with van der Waals surface area (Å²) in [5.74, 6) is -3.01. The number of thioether (sulfide) groups is 1. The minimum Gasteiger partial charge on any atom is -0.481 e. The summed E-state index contributed by atoms with van der Waals surface area (Å²) in [6, 6.07) is 5.57. The lowest BCUT2D eigenvalue weighted by Crippen LogP contribution is -2.44. The molecule has 1 saturated heterocycles. The molecule has 24 heavy (non-hydrogen) atoms. The average Bonchev–Trinajstić information content (AvgIpc) is 2.77. The Balaban J connectivity index is 2.28. The second-order valence-corrected chi connectivity index (χ2v) is 6.94. The molecular formula is C15H12ClNO5S2. The molecule has 126 valence electrons. The van der Waals surface area contributed by atoms with Crippen molar-refractivity contribution in [3.05, 3.63) is 39.8 Å². The van der Waals surface area contributed by atoms with Crippen LogP contribution in [0.1, 0.15) is 18.4 Å². The van der Waals surface area contributed by atoms with Crippen molar-refractivity contribution in [3.63, 3.8) is 0 Å². The maximum Gasteiger partial charge on any atom is 0.326 e. The van der Waals surface area contributed by atoms with Crippen LogP contribution in [-0.4, -0.2) is 43.3 Å². The maximum atomic E-state index is 12.5. The van der Waals surface area contributed by atoms with Gasteiger partial charge in [0.1, 0.15) is 10.4 Å². The lowest BCUT2D eigenvalue weighted by atomic mass is 10.1. The van der Waals surface area contributed by atoms with Crippen molar-refractivity contribution in [2.45, 2.75) is 18.9 Å². The minimum atomic E-state index is -1.31. The number of carboxylic acids is 2. The van der Waals surface area contributed by atoms with Crippen molar-refractivity contribution in [2.24, 2.45) is 0 Å². The number of rotatable bonds is 6. The highest BCUT2D eigenvalue weighted by Crippen LogP contribution is 2.35. The van der Waals surface area contributed by atoms with Crippen LogP contribution in [0, 0.1) is 0 Å². The Bertz CT molecular complexity index is 749.